The molecule has 0 bridgehead atoms. The van der Waals surface area contributed by atoms with Gasteiger partial charge in [0, 0.05) is 5.56 Å². The molecule has 0 aliphatic carbocycles. The third-order valence-electron chi connectivity index (χ3n) is 6.12. The van der Waals surface area contributed by atoms with Gasteiger partial charge in [-0.2, -0.15) is 5.10 Å². The number of nitrogens with zero attached hydrogens (tertiary/aromatic N) is 3. The lowest BCUT2D eigenvalue weighted by molar-refractivity contribution is -0.120. The lowest BCUT2D eigenvalue weighted by Gasteiger charge is -2.14. The van der Waals surface area contributed by atoms with Crippen LogP contribution < -0.4 is 29.7 Å². The molecule has 3 aromatic carbocycles. The summed E-state index contributed by atoms with van der Waals surface area (Å²) in [7, 11) is 3.11. The van der Waals surface area contributed by atoms with Gasteiger partial charge in [-0.15, -0.1) is 10.2 Å². The standard InChI is InChI=1S/C31H32IN5O6S/c1-5-20-12-19(2)13-24(14-20)42-10-11-43-29-25(32)15-21(16-26(29)41-4)18-33-35-27(38)17-28-36-37-31(44-28)34-30(39)22-6-8-23(40-3)9-7-22/h6-9,12-16,18H,5,10-11,17H2,1-4H3,(H,35,38)(H,34,37,39)/b33-18-. The minimum absolute atomic E-state index is 0.0502. The number of carbonyl (C=O) groups is 2. The van der Waals surface area contributed by atoms with Gasteiger partial charge >= 0.3 is 0 Å². The van der Waals surface area contributed by atoms with Crippen molar-refractivity contribution >= 4 is 57.1 Å². The molecule has 2 amide bonds. The first-order chi connectivity index (χ1) is 21.3. The van der Waals surface area contributed by atoms with Crippen molar-refractivity contribution in [3.8, 4) is 23.0 Å². The quantitative estimate of drug-likeness (QED) is 0.0760. The second kappa shape index (κ2) is 16.0. The molecule has 44 heavy (non-hydrogen) atoms. The van der Waals surface area contributed by atoms with Crippen LogP contribution in [0.3, 0.4) is 0 Å². The van der Waals surface area contributed by atoms with Gasteiger partial charge in [-0.25, -0.2) is 5.43 Å². The summed E-state index contributed by atoms with van der Waals surface area (Å²) in [5, 5.41) is 15.4. The van der Waals surface area contributed by atoms with Crippen molar-refractivity contribution in [3.05, 3.63) is 85.4 Å². The van der Waals surface area contributed by atoms with Crippen molar-refractivity contribution in [1.82, 2.24) is 15.6 Å². The highest BCUT2D eigenvalue weighted by molar-refractivity contribution is 14.1. The lowest BCUT2D eigenvalue weighted by Crippen LogP contribution is -2.19. The molecular formula is C31H32IN5O6S. The Morgan fingerprint density at radius 1 is 0.977 bits per heavy atom. The van der Waals surface area contributed by atoms with Crippen molar-refractivity contribution in [2.75, 3.05) is 32.8 Å². The third kappa shape index (κ3) is 9.38. The summed E-state index contributed by atoms with van der Waals surface area (Å²) < 4.78 is 23.3. The van der Waals surface area contributed by atoms with Crippen molar-refractivity contribution in [3.63, 3.8) is 0 Å². The number of nitrogens with one attached hydrogen (secondary N) is 2. The topological polar surface area (TPSA) is 133 Å². The second-order valence-electron chi connectivity index (χ2n) is 9.39. The number of benzene rings is 3. The summed E-state index contributed by atoms with van der Waals surface area (Å²) in [6.45, 7) is 4.88. The summed E-state index contributed by atoms with van der Waals surface area (Å²) in [6, 6.07) is 16.5. The number of hydrogen-bond acceptors (Lipinski definition) is 10. The third-order valence-corrected chi connectivity index (χ3v) is 7.76. The maximum absolute atomic E-state index is 12.4. The van der Waals surface area contributed by atoms with Crippen LogP contribution in [0.5, 0.6) is 23.0 Å². The fourth-order valence-electron chi connectivity index (χ4n) is 4.01. The van der Waals surface area contributed by atoms with Crippen molar-refractivity contribution < 1.29 is 28.5 Å². The first kappa shape index (κ1) is 32.7. The molecule has 0 atom stereocenters. The van der Waals surface area contributed by atoms with Crippen LogP contribution in [0.4, 0.5) is 5.13 Å². The lowest BCUT2D eigenvalue weighted by atomic mass is 10.1. The Hall–Kier alpha value is -4.24. The van der Waals surface area contributed by atoms with Crippen LogP contribution in [0.2, 0.25) is 0 Å². The van der Waals surface area contributed by atoms with E-state index in [0.29, 0.717) is 46.6 Å². The SMILES string of the molecule is CCc1cc(C)cc(OCCOc2c(I)cc(/C=N\NC(=O)Cc3nnc(NC(=O)c4ccc(OC)cc4)s3)cc2OC)c1. The molecule has 0 spiro atoms. The molecule has 11 nitrogen and oxygen atoms in total. The van der Waals surface area contributed by atoms with Crippen LogP contribution in [0.15, 0.2) is 59.7 Å². The van der Waals surface area contributed by atoms with Crippen LogP contribution in [0, 0.1) is 10.5 Å². The normalized spacial score (nSPS) is 10.8. The predicted molar refractivity (Wildman–Crippen MR) is 178 cm³/mol. The predicted octanol–water partition coefficient (Wildman–Crippen LogP) is 5.43. The molecule has 1 aromatic heterocycles. The summed E-state index contributed by atoms with van der Waals surface area (Å²) in [6.07, 6.45) is 2.41. The molecule has 1 heterocycles. The van der Waals surface area contributed by atoms with Gasteiger partial charge in [-0.05, 0) is 101 Å². The number of hydrogen-bond donors (Lipinski definition) is 2. The number of rotatable bonds is 14. The molecule has 0 saturated carbocycles. The summed E-state index contributed by atoms with van der Waals surface area (Å²) in [5.41, 5.74) is 6.03. The zero-order valence-corrected chi connectivity index (χ0v) is 27.7. The Kier molecular flexibility index (Phi) is 11.9. The molecule has 0 saturated heterocycles. The largest absolute Gasteiger partial charge is 0.497 e. The van der Waals surface area contributed by atoms with Gasteiger partial charge < -0.3 is 18.9 Å². The Morgan fingerprint density at radius 3 is 2.48 bits per heavy atom. The summed E-state index contributed by atoms with van der Waals surface area (Å²) >= 11 is 3.27. The van der Waals surface area contributed by atoms with Crippen LogP contribution in [-0.2, 0) is 17.6 Å². The number of aryl methyl sites for hydroxylation is 2. The molecular weight excluding hydrogens is 697 g/mol. The average molecular weight is 730 g/mol. The number of anilines is 1. The molecule has 0 unspecified atom stereocenters. The van der Waals surface area contributed by atoms with Gasteiger partial charge in [0.05, 0.1) is 30.4 Å². The molecule has 4 aromatic rings. The van der Waals surface area contributed by atoms with Crippen molar-refractivity contribution in [2.45, 2.75) is 26.7 Å². The Morgan fingerprint density at radius 2 is 1.75 bits per heavy atom. The number of ether oxygens (including phenoxy) is 4. The monoisotopic (exact) mass is 729 g/mol. The molecule has 2 N–H and O–H groups in total. The first-order valence-corrected chi connectivity index (χ1v) is 15.5. The van der Waals surface area contributed by atoms with Gasteiger partial charge in [0.15, 0.2) is 11.5 Å². The number of halogens is 1. The zero-order chi connectivity index (χ0) is 31.5. The number of aromatic nitrogens is 2. The van der Waals surface area contributed by atoms with Crippen LogP contribution >= 0.6 is 33.9 Å². The van der Waals surface area contributed by atoms with Crippen molar-refractivity contribution in [1.29, 1.82) is 0 Å². The maximum Gasteiger partial charge on any atom is 0.257 e. The van der Waals surface area contributed by atoms with E-state index in [0.717, 1.165) is 32.6 Å². The van der Waals surface area contributed by atoms with Crippen LogP contribution in [0.1, 0.15) is 39.0 Å². The van der Waals surface area contributed by atoms with Gasteiger partial charge in [0.1, 0.15) is 29.7 Å². The molecule has 4 rings (SSSR count). The summed E-state index contributed by atoms with van der Waals surface area (Å²) in [4.78, 5) is 24.8. The smallest absolute Gasteiger partial charge is 0.257 e. The number of amides is 2. The minimum atomic E-state index is -0.383. The Balaban J connectivity index is 1.26. The number of carbonyl (C=O) groups excluding carboxylic acids is 2. The fraction of sp³-hybridized carbons (Fsp3) is 0.258. The number of methoxy groups -OCH3 is 2. The Labute approximate surface area is 273 Å². The highest BCUT2D eigenvalue weighted by Gasteiger charge is 2.14. The van der Waals surface area contributed by atoms with E-state index in [4.69, 9.17) is 18.9 Å². The molecule has 13 heteroatoms. The highest BCUT2D eigenvalue weighted by atomic mass is 127. The van der Waals surface area contributed by atoms with Gasteiger partial charge in [-0.1, -0.05) is 24.3 Å². The van der Waals surface area contributed by atoms with E-state index in [-0.39, 0.29) is 23.4 Å². The zero-order valence-electron chi connectivity index (χ0n) is 24.7. The summed E-state index contributed by atoms with van der Waals surface area (Å²) in [5.74, 6) is 1.88. The first-order valence-electron chi connectivity index (χ1n) is 13.6. The molecule has 0 aliphatic heterocycles. The fourth-order valence-corrected chi connectivity index (χ4v) is 5.53. The number of hydrazone groups is 1. The Bertz CT molecular complexity index is 1630. The van der Waals surface area contributed by atoms with Crippen molar-refractivity contribution in [2.24, 2.45) is 5.10 Å². The molecule has 0 fully saturated rings. The van der Waals surface area contributed by atoms with Gasteiger partial charge in [0.25, 0.3) is 5.91 Å². The van der Waals surface area contributed by atoms with Crippen LogP contribution in [0.25, 0.3) is 0 Å². The second-order valence-corrected chi connectivity index (χ2v) is 11.6. The average Bonchev–Trinajstić information content (AvgIpc) is 3.45. The molecule has 230 valence electrons. The highest BCUT2D eigenvalue weighted by Crippen LogP contribution is 2.33. The van der Waals surface area contributed by atoms with E-state index < -0.39 is 0 Å². The minimum Gasteiger partial charge on any atom is -0.497 e. The van der Waals surface area contributed by atoms with E-state index in [1.807, 2.05) is 25.1 Å². The molecule has 0 aliphatic rings. The van der Waals surface area contributed by atoms with E-state index in [9.17, 15) is 9.59 Å². The van der Waals surface area contributed by atoms with E-state index in [1.165, 1.54) is 11.8 Å². The van der Waals surface area contributed by atoms with Gasteiger partial charge in [-0.3, -0.25) is 14.9 Å². The van der Waals surface area contributed by atoms with E-state index in [2.05, 4.69) is 61.6 Å². The maximum atomic E-state index is 12.4. The van der Waals surface area contributed by atoms with E-state index in [1.54, 1.807) is 44.6 Å². The van der Waals surface area contributed by atoms with Gasteiger partial charge in [0.2, 0.25) is 11.0 Å². The van der Waals surface area contributed by atoms with Crippen LogP contribution in [-0.4, -0.2) is 55.7 Å². The van der Waals surface area contributed by atoms with E-state index >= 15 is 0 Å². The molecule has 0 radical (unpaired) electrons.